The van der Waals surface area contributed by atoms with E-state index >= 15 is 0 Å². The molecule has 1 aliphatic heterocycles. The molecule has 0 spiro atoms. The van der Waals surface area contributed by atoms with E-state index in [0.717, 1.165) is 0 Å². The van der Waals surface area contributed by atoms with Gasteiger partial charge < -0.3 is 10.0 Å². The van der Waals surface area contributed by atoms with E-state index in [0.29, 0.717) is 18.8 Å². The van der Waals surface area contributed by atoms with Crippen molar-refractivity contribution in [1.29, 1.82) is 0 Å². The van der Waals surface area contributed by atoms with Crippen LogP contribution in [-0.4, -0.2) is 29.4 Å². The molecular weight excluding hydrogens is 277 g/mol. The minimum Gasteiger partial charge on any atom is -0.478 e. The zero-order valence-electron chi connectivity index (χ0n) is 9.40. The lowest BCUT2D eigenvalue weighted by Gasteiger charge is -2.20. The monoisotopic (exact) mass is 287 g/mol. The van der Waals surface area contributed by atoms with Gasteiger partial charge >= 0.3 is 5.97 Å². The molecule has 0 saturated carbocycles. The molecule has 96 valence electrons. The molecule has 2 rings (SSSR count). The summed E-state index contributed by atoms with van der Waals surface area (Å²) in [6.45, 7) is 0.409. The highest BCUT2D eigenvalue weighted by Crippen LogP contribution is 2.34. The van der Waals surface area contributed by atoms with E-state index < -0.39 is 5.97 Å². The van der Waals surface area contributed by atoms with Gasteiger partial charge in [-0.3, -0.25) is 4.79 Å². The first-order valence-corrected chi connectivity index (χ1v) is 6.34. The number of nitrogens with zero attached hydrogens (tertiary/aromatic N) is 1. The maximum atomic E-state index is 11.9. The number of aromatic carboxylic acids is 1. The van der Waals surface area contributed by atoms with Crippen molar-refractivity contribution in [2.75, 3.05) is 17.3 Å². The van der Waals surface area contributed by atoms with E-state index in [2.05, 4.69) is 0 Å². The summed E-state index contributed by atoms with van der Waals surface area (Å²) in [6, 6.07) is 4.56. The fraction of sp³-hybridized carbons (Fsp3) is 0.333. The number of rotatable bonds is 3. The normalized spacial score (nSPS) is 19.3. The second-order valence-corrected chi connectivity index (χ2v) is 4.89. The van der Waals surface area contributed by atoms with Crippen LogP contribution >= 0.6 is 23.2 Å². The molecule has 1 unspecified atom stereocenters. The standard InChI is InChI=1S/C12H11Cl2NO3/c13-5-7-4-10(16)15(6-7)11-8(12(17)18)2-1-3-9(11)14/h1-3,7H,4-6H2,(H,17,18). The molecule has 4 nitrogen and oxygen atoms in total. The largest absolute Gasteiger partial charge is 0.478 e. The molecule has 0 radical (unpaired) electrons. The maximum Gasteiger partial charge on any atom is 0.337 e. The Morgan fingerprint density at radius 3 is 2.78 bits per heavy atom. The average Bonchev–Trinajstić information content (AvgIpc) is 2.70. The van der Waals surface area contributed by atoms with Gasteiger partial charge in [0, 0.05) is 18.8 Å². The van der Waals surface area contributed by atoms with E-state index in [1.165, 1.54) is 11.0 Å². The van der Waals surface area contributed by atoms with E-state index in [9.17, 15) is 9.59 Å². The first kappa shape index (κ1) is 13.2. The van der Waals surface area contributed by atoms with Crippen LogP contribution in [-0.2, 0) is 4.79 Å². The number of alkyl halides is 1. The minimum atomic E-state index is -1.10. The van der Waals surface area contributed by atoms with Crippen molar-refractivity contribution in [3.05, 3.63) is 28.8 Å². The Hall–Kier alpha value is -1.26. The Morgan fingerprint density at radius 2 is 2.22 bits per heavy atom. The number of carbonyl (C=O) groups excluding carboxylic acids is 1. The molecule has 1 N–H and O–H groups in total. The fourth-order valence-electron chi connectivity index (χ4n) is 2.06. The van der Waals surface area contributed by atoms with E-state index in [4.69, 9.17) is 28.3 Å². The van der Waals surface area contributed by atoms with Gasteiger partial charge in [0.05, 0.1) is 16.3 Å². The molecule has 6 heteroatoms. The van der Waals surface area contributed by atoms with Crippen LogP contribution in [0.25, 0.3) is 0 Å². The van der Waals surface area contributed by atoms with Crippen molar-refractivity contribution in [2.45, 2.75) is 6.42 Å². The van der Waals surface area contributed by atoms with Gasteiger partial charge in [-0.15, -0.1) is 11.6 Å². The summed E-state index contributed by atoms with van der Waals surface area (Å²) in [5.74, 6) is -0.835. The Labute approximate surface area is 114 Å². The van der Waals surface area contributed by atoms with Gasteiger partial charge in [-0.1, -0.05) is 17.7 Å². The Balaban J connectivity index is 2.45. The van der Waals surface area contributed by atoms with Gasteiger partial charge in [0.1, 0.15) is 0 Å². The number of anilines is 1. The number of amides is 1. The van der Waals surface area contributed by atoms with Crippen LogP contribution in [0.5, 0.6) is 0 Å². The summed E-state index contributed by atoms with van der Waals surface area (Å²) < 4.78 is 0. The molecule has 1 amide bonds. The van der Waals surface area contributed by atoms with Gasteiger partial charge in [0.2, 0.25) is 5.91 Å². The summed E-state index contributed by atoms with van der Waals surface area (Å²) in [5.41, 5.74) is 0.301. The number of para-hydroxylation sites is 1. The molecule has 0 aromatic heterocycles. The average molecular weight is 288 g/mol. The Bertz CT molecular complexity index is 504. The molecule has 1 aromatic carbocycles. The quantitative estimate of drug-likeness (QED) is 0.870. The van der Waals surface area contributed by atoms with Crippen LogP contribution in [0.15, 0.2) is 18.2 Å². The lowest BCUT2D eigenvalue weighted by atomic mass is 10.1. The number of carboxylic acids is 1. The lowest BCUT2D eigenvalue weighted by Crippen LogP contribution is -2.27. The smallest absolute Gasteiger partial charge is 0.337 e. The zero-order chi connectivity index (χ0) is 13.3. The highest BCUT2D eigenvalue weighted by atomic mass is 35.5. The molecule has 1 heterocycles. The minimum absolute atomic E-state index is 0.0334. The van der Waals surface area contributed by atoms with Crippen molar-refractivity contribution in [3.8, 4) is 0 Å². The van der Waals surface area contributed by atoms with Crippen molar-refractivity contribution >= 4 is 40.8 Å². The van der Waals surface area contributed by atoms with Crippen LogP contribution in [0, 0.1) is 5.92 Å². The van der Waals surface area contributed by atoms with Gasteiger partial charge in [0.25, 0.3) is 0 Å². The van der Waals surface area contributed by atoms with Gasteiger partial charge in [-0.2, -0.15) is 0 Å². The van der Waals surface area contributed by atoms with E-state index in [-0.39, 0.29) is 28.1 Å². The second kappa shape index (κ2) is 5.16. The van der Waals surface area contributed by atoms with Gasteiger partial charge in [0.15, 0.2) is 0 Å². The maximum absolute atomic E-state index is 11.9. The zero-order valence-corrected chi connectivity index (χ0v) is 10.9. The van der Waals surface area contributed by atoms with Crippen LogP contribution in [0.2, 0.25) is 5.02 Å². The third kappa shape index (κ3) is 2.31. The van der Waals surface area contributed by atoms with Crippen molar-refractivity contribution in [2.24, 2.45) is 5.92 Å². The number of carbonyl (C=O) groups is 2. The first-order chi connectivity index (χ1) is 8.54. The summed E-state index contributed by atoms with van der Waals surface area (Å²) in [6.07, 6.45) is 0.327. The molecular formula is C12H11Cl2NO3. The third-order valence-electron chi connectivity index (χ3n) is 2.91. The lowest BCUT2D eigenvalue weighted by molar-refractivity contribution is -0.117. The SMILES string of the molecule is O=C(O)c1cccc(Cl)c1N1CC(CCl)CC1=O. The summed E-state index contributed by atoms with van der Waals surface area (Å²) in [5, 5.41) is 9.40. The fourth-order valence-corrected chi connectivity index (χ4v) is 2.55. The second-order valence-electron chi connectivity index (χ2n) is 4.17. The van der Waals surface area contributed by atoms with E-state index in [1.54, 1.807) is 12.1 Å². The van der Waals surface area contributed by atoms with Gasteiger partial charge in [-0.05, 0) is 18.1 Å². The molecule has 1 atom stereocenters. The summed E-state index contributed by atoms with van der Waals surface area (Å²) in [7, 11) is 0. The third-order valence-corrected chi connectivity index (χ3v) is 3.65. The Kier molecular flexibility index (Phi) is 3.78. The molecule has 1 aliphatic rings. The number of carboxylic acid groups (broad SMARTS) is 1. The predicted octanol–water partition coefficient (Wildman–Crippen LogP) is 2.63. The van der Waals surface area contributed by atoms with Crippen molar-refractivity contribution in [3.63, 3.8) is 0 Å². The van der Waals surface area contributed by atoms with Crippen LogP contribution < -0.4 is 4.90 Å². The topological polar surface area (TPSA) is 57.6 Å². The van der Waals surface area contributed by atoms with Crippen LogP contribution in [0.3, 0.4) is 0 Å². The van der Waals surface area contributed by atoms with Crippen LogP contribution in [0.4, 0.5) is 5.69 Å². The number of hydrogen-bond donors (Lipinski definition) is 1. The highest BCUT2D eigenvalue weighted by molar-refractivity contribution is 6.34. The van der Waals surface area contributed by atoms with Crippen molar-refractivity contribution < 1.29 is 14.7 Å². The Morgan fingerprint density at radius 1 is 1.50 bits per heavy atom. The molecule has 0 aliphatic carbocycles. The number of halogens is 2. The molecule has 0 bridgehead atoms. The van der Waals surface area contributed by atoms with E-state index in [1.807, 2.05) is 0 Å². The van der Waals surface area contributed by atoms with Crippen molar-refractivity contribution in [1.82, 2.24) is 0 Å². The molecule has 1 fully saturated rings. The first-order valence-electron chi connectivity index (χ1n) is 5.42. The summed E-state index contributed by atoms with van der Waals surface area (Å²) >= 11 is 11.8. The summed E-state index contributed by atoms with van der Waals surface area (Å²) in [4.78, 5) is 24.5. The number of benzene rings is 1. The molecule has 1 saturated heterocycles. The number of hydrogen-bond acceptors (Lipinski definition) is 2. The van der Waals surface area contributed by atoms with Crippen LogP contribution in [0.1, 0.15) is 16.8 Å². The van der Waals surface area contributed by atoms with Gasteiger partial charge in [-0.25, -0.2) is 4.79 Å². The molecule has 1 aromatic rings. The highest BCUT2D eigenvalue weighted by Gasteiger charge is 2.33. The molecule has 18 heavy (non-hydrogen) atoms. The predicted molar refractivity (Wildman–Crippen MR) is 69.6 cm³/mol.